The zero-order valence-electron chi connectivity index (χ0n) is 10.2. The summed E-state index contributed by atoms with van der Waals surface area (Å²) in [5, 5.41) is 6.62. The third-order valence-electron chi connectivity index (χ3n) is 2.47. The molecule has 2 rings (SSSR count). The van der Waals surface area contributed by atoms with Crippen molar-refractivity contribution in [1.29, 1.82) is 0 Å². The zero-order chi connectivity index (χ0) is 12.5. The van der Waals surface area contributed by atoms with Gasteiger partial charge in [0.25, 0.3) is 0 Å². The van der Waals surface area contributed by atoms with E-state index in [0.29, 0.717) is 0 Å². The van der Waals surface area contributed by atoms with Gasteiger partial charge in [0.15, 0.2) is 0 Å². The Morgan fingerprint density at radius 2 is 2.06 bits per heavy atom. The van der Waals surface area contributed by atoms with Gasteiger partial charge in [-0.15, -0.1) is 0 Å². The maximum Gasteiger partial charge on any atom is 0.129 e. The van der Waals surface area contributed by atoms with Gasteiger partial charge in [0.05, 0.1) is 0 Å². The Kier molecular flexibility index (Phi) is 5.08. The van der Waals surface area contributed by atoms with Crippen LogP contribution in [0.25, 0.3) is 0 Å². The molecule has 5 nitrogen and oxygen atoms in total. The first-order chi connectivity index (χ1) is 8.95. The second-order valence-corrected chi connectivity index (χ2v) is 3.91. The lowest BCUT2D eigenvalue weighted by Crippen LogP contribution is -2.17. The minimum Gasteiger partial charge on any atom is -0.370 e. The second-order valence-electron chi connectivity index (χ2n) is 3.91. The van der Waals surface area contributed by atoms with Crippen molar-refractivity contribution in [2.75, 3.05) is 18.4 Å². The molecule has 2 heterocycles. The zero-order valence-corrected chi connectivity index (χ0v) is 10.2. The molecule has 0 fully saturated rings. The quantitative estimate of drug-likeness (QED) is 0.721. The molecule has 0 atom stereocenters. The smallest absolute Gasteiger partial charge is 0.129 e. The summed E-state index contributed by atoms with van der Waals surface area (Å²) < 4.78 is 0. The molecule has 2 aromatic heterocycles. The lowest BCUT2D eigenvalue weighted by molar-refractivity contribution is 0.661. The summed E-state index contributed by atoms with van der Waals surface area (Å²) in [7, 11) is 0. The molecule has 0 spiro atoms. The van der Waals surface area contributed by atoms with Crippen LogP contribution < -0.4 is 10.6 Å². The number of pyridine rings is 1. The molecule has 0 radical (unpaired) electrons. The molecule has 0 unspecified atom stereocenters. The van der Waals surface area contributed by atoms with E-state index in [0.717, 1.165) is 31.9 Å². The van der Waals surface area contributed by atoms with Gasteiger partial charge in [-0.1, -0.05) is 6.07 Å². The minimum atomic E-state index is 0.862. The molecule has 0 aliphatic rings. The molecular weight excluding hydrogens is 226 g/mol. The number of hydrogen-bond acceptors (Lipinski definition) is 5. The van der Waals surface area contributed by atoms with Gasteiger partial charge in [0, 0.05) is 31.7 Å². The summed E-state index contributed by atoms with van der Waals surface area (Å²) in [6, 6.07) is 5.88. The normalized spacial score (nSPS) is 10.2. The van der Waals surface area contributed by atoms with Crippen LogP contribution in [-0.2, 0) is 6.54 Å². The lowest BCUT2D eigenvalue weighted by atomic mass is 10.3. The molecule has 0 aromatic carbocycles. The third-order valence-corrected chi connectivity index (χ3v) is 2.47. The Morgan fingerprint density at radius 1 is 1.06 bits per heavy atom. The van der Waals surface area contributed by atoms with E-state index in [9.17, 15) is 0 Å². The number of aromatic nitrogens is 3. The summed E-state index contributed by atoms with van der Waals surface area (Å²) in [6.07, 6.45) is 7.99. The van der Waals surface area contributed by atoms with Gasteiger partial charge in [-0.3, -0.25) is 4.98 Å². The van der Waals surface area contributed by atoms with Crippen molar-refractivity contribution in [2.24, 2.45) is 0 Å². The fourth-order valence-electron chi connectivity index (χ4n) is 1.56. The fourth-order valence-corrected chi connectivity index (χ4v) is 1.56. The maximum absolute atomic E-state index is 4.09. The van der Waals surface area contributed by atoms with Crippen LogP contribution >= 0.6 is 0 Å². The van der Waals surface area contributed by atoms with Crippen molar-refractivity contribution in [2.45, 2.75) is 13.0 Å². The summed E-state index contributed by atoms with van der Waals surface area (Å²) in [5.74, 6) is 0.872. The van der Waals surface area contributed by atoms with Gasteiger partial charge in [0.2, 0.25) is 0 Å². The molecule has 0 bridgehead atoms. The van der Waals surface area contributed by atoms with Gasteiger partial charge in [-0.05, 0) is 30.7 Å². The summed E-state index contributed by atoms with van der Waals surface area (Å²) in [5.41, 5.74) is 1.21. The monoisotopic (exact) mass is 243 g/mol. The molecule has 0 saturated carbocycles. The van der Waals surface area contributed by atoms with E-state index in [1.165, 1.54) is 5.56 Å². The summed E-state index contributed by atoms with van der Waals surface area (Å²) in [4.78, 5) is 12.0. The van der Waals surface area contributed by atoms with Crippen LogP contribution in [0.1, 0.15) is 12.0 Å². The fraction of sp³-hybridized carbons (Fsp3) is 0.308. The predicted octanol–water partition coefficient (Wildman–Crippen LogP) is 1.46. The number of anilines is 1. The van der Waals surface area contributed by atoms with E-state index < -0.39 is 0 Å². The molecule has 94 valence electrons. The second kappa shape index (κ2) is 7.34. The van der Waals surface area contributed by atoms with Crippen LogP contribution in [0.5, 0.6) is 0 Å². The highest BCUT2D eigenvalue weighted by Crippen LogP contribution is 1.97. The average molecular weight is 243 g/mol. The Hall–Kier alpha value is -2.01. The molecule has 18 heavy (non-hydrogen) atoms. The Balaban J connectivity index is 1.54. The van der Waals surface area contributed by atoms with Crippen molar-refractivity contribution in [3.05, 3.63) is 48.7 Å². The largest absolute Gasteiger partial charge is 0.370 e. The van der Waals surface area contributed by atoms with Crippen LogP contribution in [0, 0.1) is 0 Å². The first-order valence-corrected chi connectivity index (χ1v) is 6.04. The minimum absolute atomic E-state index is 0.862. The molecule has 5 heteroatoms. The predicted molar refractivity (Wildman–Crippen MR) is 71.1 cm³/mol. The number of nitrogens with zero attached hydrogens (tertiary/aromatic N) is 3. The van der Waals surface area contributed by atoms with Crippen LogP contribution in [0.3, 0.4) is 0 Å². The van der Waals surface area contributed by atoms with Crippen LogP contribution in [0.15, 0.2) is 43.1 Å². The highest BCUT2D eigenvalue weighted by molar-refractivity contribution is 5.31. The van der Waals surface area contributed by atoms with Gasteiger partial charge in [0.1, 0.15) is 12.1 Å². The van der Waals surface area contributed by atoms with Gasteiger partial charge in [-0.2, -0.15) is 0 Å². The first kappa shape index (κ1) is 12.4. The topological polar surface area (TPSA) is 62.7 Å². The standard InChI is InChI=1S/C13H17N5/c1-3-12(9-14-5-1)10-15-6-2-7-17-13-4-8-16-11-18-13/h1,3-5,8-9,11,15H,2,6-7,10H2,(H,16,17,18). The molecule has 0 saturated heterocycles. The van der Waals surface area contributed by atoms with Crippen molar-refractivity contribution in [3.8, 4) is 0 Å². The van der Waals surface area contributed by atoms with Crippen molar-refractivity contribution < 1.29 is 0 Å². The van der Waals surface area contributed by atoms with E-state index in [2.05, 4.69) is 31.7 Å². The molecule has 0 aliphatic heterocycles. The van der Waals surface area contributed by atoms with E-state index in [4.69, 9.17) is 0 Å². The van der Waals surface area contributed by atoms with Gasteiger partial charge >= 0.3 is 0 Å². The number of rotatable bonds is 7. The maximum atomic E-state index is 4.09. The van der Waals surface area contributed by atoms with Crippen molar-refractivity contribution in [3.63, 3.8) is 0 Å². The SMILES string of the molecule is c1cncc(CNCCCNc2ccncn2)c1. The van der Waals surface area contributed by atoms with E-state index in [1.807, 2.05) is 18.3 Å². The first-order valence-electron chi connectivity index (χ1n) is 6.04. The van der Waals surface area contributed by atoms with Crippen molar-refractivity contribution in [1.82, 2.24) is 20.3 Å². The highest BCUT2D eigenvalue weighted by atomic mass is 15.0. The molecule has 2 aromatic rings. The van der Waals surface area contributed by atoms with Crippen molar-refractivity contribution >= 4 is 5.82 Å². The number of hydrogen-bond donors (Lipinski definition) is 2. The van der Waals surface area contributed by atoms with Crippen LogP contribution in [0.2, 0.25) is 0 Å². The average Bonchev–Trinajstić information content (AvgIpc) is 2.45. The van der Waals surface area contributed by atoms with Gasteiger partial charge in [-0.25, -0.2) is 9.97 Å². The third kappa shape index (κ3) is 4.47. The van der Waals surface area contributed by atoms with E-state index >= 15 is 0 Å². The summed E-state index contributed by atoms with van der Waals surface area (Å²) >= 11 is 0. The Bertz CT molecular complexity index is 388. The van der Waals surface area contributed by atoms with Crippen LogP contribution in [-0.4, -0.2) is 28.0 Å². The summed E-state index contributed by atoms with van der Waals surface area (Å²) in [6.45, 7) is 2.73. The number of nitrogens with one attached hydrogen (secondary N) is 2. The van der Waals surface area contributed by atoms with Gasteiger partial charge < -0.3 is 10.6 Å². The molecule has 0 aliphatic carbocycles. The molecular formula is C13H17N5. The van der Waals surface area contributed by atoms with Crippen LogP contribution in [0.4, 0.5) is 5.82 Å². The molecule has 0 amide bonds. The van der Waals surface area contributed by atoms with E-state index in [1.54, 1.807) is 18.7 Å². The lowest BCUT2D eigenvalue weighted by Gasteiger charge is -2.06. The Morgan fingerprint density at radius 3 is 2.83 bits per heavy atom. The highest BCUT2D eigenvalue weighted by Gasteiger charge is 1.93. The van der Waals surface area contributed by atoms with E-state index in [-0.39, 0.29) is 0 Å². The Labute approximate surface area is 107 Å². The molecule has 2 N–H and O–H groups in total.